The Hall–Kier alpha value is -2.06. The van der Waals surface area contributed by atoms with Crippen LogP contribution in [0.4, 0.5) is 5.00 Å². The lowest BCUT2D eigenvalue weighted by Gasteiger charge is -2.23. The summed E-state index contributed by atoms with van der Waals surface area (Å²) in [5.41, 5.74) is 3.63. The van der Waals surface area contributed by atoms with Crippen LogP contribution in [0.5, 0.6) is 11.5 Å². The van der Waals surface area contributed by atoms with Gasteiger partial charge in [-0.15, -0.1) is 11.3 Å². The van der Waals surface area contributed by atoms with Gasteiger partial charge in [-0.05, 0) is 96.8 Å². The van der Waals surface area contributed by atoms with Crippen LogP contribution in [0.25, 0.3) is 0 Å². The summed E-state index contributed by atoms with van der Waals surface area (Å²) in [6.45, 7) is 2.68. The average Bonchev–Trinajstić information content (AvgIpc) is 3.32. The number of aryl methyl sites for hydroxylation is 1. The van der Waals surface area contributed by atoms with Crippen LogP contribution in [0.3, 0.4) is 0 Å². The predicted molar refractivity (Wildman–Crippen MR) is 169 cm³/mol. The van der Waals surface area contributed by atoms with Crippen LogP contribution in [0, 0.1) is 0 Å². The van der Waals surface area contributed by atoms with E-state index in [1.54, 1.807) is 23.5 Å². The van der Waals surface area contributed by atoms with Gasteiger partial charge in [0.05, 0.1) is 16.6 Å². The van der Waals surface area contributed by atoms with E-state index in [-0.39, 0.29) is 18.6 Å². The molecule has 212 valence electrons. The highest BCUT2D eigenvalue weighted by Crippen LogP contribution is 2.41. The highest BCUT2D eigenvalue weighted by molar-refractivity contribution is 9.10. The zero-order chi connectivity index (χ0) is 28.1. The third-order valence-corrected chi connectivity index (χ3v) is 9.75. The zero-order valence-corrected chi connectivity index (χ0v) is 26.4. The second-order valence-corrected chi connectivity index (χ2v) is 13.0. The second kappa shape index (κ2) is 13.7. The summed E-state index contributed by atoms with van der Waals surface area (Å²) in [7, 11) is 0. The summed E-state index contributed by atoms with van der Waals surface area (Å²) in [4.78, 5) is 19.7. The molecule has 0 aliphatic heterocycles. The van der Waals surface area contributed by atoms with Gasteiger partial charge in [-0.3, -0.25) is 4.79 Å². The molecule has 0 bridgehead atoms. The minimum atomic E-state index is 0.0271. The van der Waals surface area contributed by atoms with Crippen LogP contribution >= 0.6 is 50.5 Å². The van der Waals surface area contributed by atoms with Gasteiger partial charge in [-0.1, -0.05) is 48.5 Å². The average molecular weight is 664 g/mol. The first-order valence-electron chi connectivity index (χ1n) is 14.0. The molecular formula is C31H33BrCl2N2O3S. The van der Waals surface area contributed by atoms with Crippen molar-refractivity contribution in [3.05, 3.63) is 72.0 Å². The van der Waals surface area contributed by atoms with Crippen molar-refractivity contribution in [3.8, 4) is 11.5 Å². The molecule has 40 heavy (non-hydrogen) atoms. The van der Waals surface area contributed by atoms with Crippen LogP contribution in [0.2, 0.25) is 10.0 Å². The van der Waals surface area contributed by atoms with Gasteiger partial charge in [0.25, 0.3) is 5.91 Å². The Kier molecular flexibility index (Phi) is 10.1. The zero-order valence-electron chi connectivity index (χ0n) is 22.5. The first kappa shape index (κ1) is 29.4. The van der Waals surface area contributed by atoms with Crippen molar-refractivity contribution in [2.24, 2.45) is 4.99 Å². The number of hydrogen-bond acceptors (Lipinski definition) is 5. The minimum Gasteiger partial charge on any atom is -0.490 e. The molecule has 2 aromatic carbocycles. The standard InChI is InChI=1S/C31H33BrCl2N2O3S/c1-2-38-26-15-19(14-24(32)29(26)39-18-20-12-13-21(33)16-25(20)34)17-35-31-28(23-10-6-7-11-27(23)40-31)30(37)36-22-8-4-3-5-9-22/h12-17,22H,2-11,18H2,1H3,(H,36,37)/b35-17+. The number of thiophene rings is 1. The topological polar surface area (TPSA) is 59.9 Å². The Bertz CT molecular complexity index is 1400. The third-order valence-electron chi connectivity index (χ3n) is 7.37. The molecule has 3 aromatic rings. The van der Waals surface area contributed by atoms with Crippen molar-refractivity contribution in [1.29, 1.82) is 0 Å². The molecule has 1 saturated carbocycles. The van der Waals surface area contributed by atoms with Gasteiger partial charge >= 0.3 is 0 Å². The predicted octanol–water partition coefficient (Wildman–Crippen LogP) is 9.49. The van der Waals surface area contributed by atoms with Gasteiger partial charge in [0, 0.05) is 32.7 Å². The second-order valence-electron chi connectivity index (χ2n) is 10.2. The van der Waals surface area contributed by atoms with Crippen LogP contribution in [0.15, 0.2) is 39.8 Å². The van der Waals surface area contributed by atoms with E-state index in [9.17, 15) is 4.79 Å². The molecule has 1 N–H and O–H groups in total. The van der Waals surface area contributed by atoms with Crippen molar-refractivity contribution in [2.45, 2.75) is 77.4 Å². The Morgan fingerprint density at radius 2 is 1.90 bits per heavy atom. The lowest BCUT2D eigenvalue weighted by molar-refractivity contribution is 0.0927. The van der Waals surface area contributed by atoms with Crippen molar-refractivity contribution in [2.75, 3.05) is 6.61 Å². The Balaban J connectivity index is 1.39. The number of fused-ring (bicyclic) bond motifs is 1. The number of carbonyl (C=O) groups is 1. The van der Waals surface area contributed by atoms with Crippen LogP contribution in [-0.2, 0) is 19.4 Å². The molecule has 2 aliphatic carbocycles. The Labute approximate surface area is 258 Å². The molecule has 5 nitrogen and oxygen atoms in total. The van der Waals surface area contributed by atoms with E-state index in [0.29, 0.717) is 28.2 Å². The SMILES string of the molecule is CCOc1cc(/C=N/c2sc3c(c2C(=O)NC2CCCCC2)CCCC3)cc(Br)c1OCc1ccc(Cl)cc1Cl. The van der Waals surface area contributed by atoms with Crippen LogP contribution < -0.4 is 14.8 Å². The summed E-state index contributed by atoms with van der Waals surface area (Å²) in [6, 6.07) is 9.45. The van der Waals surface area contributed by atoms with Gasteiger partial charge in [0.15, 0.2) is 11.5 Å². The number of rotatable bonds is 9. The molecule has 5 rings (SSSR count). The highest BCUT2D eigenvalue weighted by atomic mass is 79.9. The molecule has 1 aromatic heterocycles. The van der Waals surface area contributed by atoms with Crippen molar-refractivity contribution < 1.29 is 14.3 Å². The fourth-order valence-electron chi connectivity index (χ4n) is 5.37. The number of hydrogen-bond donors (Lipinski definition) is 1. The lowest BCUT2D eigenvalue weighted by Crippen LogP contribution is -2.36. The molecule has 0 unspecified atom stereocenters. The maximum Gasteiger partial charge on any atom is 0.254 e. The minimum absolute atomic E-state index is 0.0271. The number of amides is 1. The number of nitrogens with zero attached hydrogens (tertiary/aromatic N) is 1. The molecule has 9 heteroatoms. The summed E-state index contributed by atoms with van der Waals surface area (Å²) < 4.78 is 12.8. The number of benzene rings is 2. The normalized spacial score (nSPS) is 15.7. The first-order chi connectivity index (χ1) is 19.4. The van der Waals surface area contributed by atoms with Crippen LogP contribution in [0.1, 0.15) is 83.8 Å². The van der Waals surface area contributed by atoms with Crippen molar-refractivity contribution >= 4 is 67.6 Å². The molecule has 0 atom stereocenters. The van der Waals surface area contributed by atoms with E-state index in [4.69, 9.17) is 37.7 Å². The summed E-state index contributed by atoms with van der Waals surface area (Å²) >= 11 is 17.7. The van der Waals surface area contributed by atoms with E-state index in [1.165, 1.54) is 29.7 Å². The molecule has 0 radical (unpaired) electrons. The van der Waals surface area contributed by atoms with Gasteiger partial charge < -0.3 is 14.8 Å². The molecule has 1 amide bonds. The summed E-state index contributed by atoms with van der Waals surface area (Å²) in [6.07, 6.45) is 11.8. The van der Waals surface area contributed by atoms with Gasteiger partial charge in [0.1, 0.15) is 11.6 Å². The molecule has 1 heterocycles. The summed E-state index contributed by atoms with van der Waals surface area (Å²) in [5, 5.41) is 5.23. The highest BCUT2D eigenvalue weighted by Gasteiger charge is 2.27. The molecule has 2 aliphatic rings. The number of aliphatic imine (C=N–C) groups is 1. The Morgan fingerprint density at radius 1 is 1.10 bits per heavy atom. The molecular weight excluding hydrogens is 631 g/mol. The van der Waals surface area contributed by atoms with Gasteiger partial charge in [-0.25, -0.2) is 4.99 Å². The van der Waals surface area contributed by atoms with Gasteiger partial charge in [-0.2, -0.15) is 0 Å². The van der Waals surface area contributed by atoms with E-state index in [0.717, 1.165) is 64.7 Å². The summed E-state index contributed by atoms with van der Waals surface area (Å²) in [5.74, 6) is 1.22. The lowest BCUT2D eigenvalue weighted by atomic mass is 9.93. The number of nitrogens with one attached hydrogen (secondary N) is 1. The van der Waals surface area contributed by atoms with E-state index >= 15 is 0 Å². The fourth-order valence-corrected chi connectivity index (χ4v) is 7.64. The van der Waals surface area contributed by atoms with E-state index < -0.39 is 0 Å². The smallest absolute Gasteiger partial charge is 0.254 e. The molecule has 0 saturated heterocycles. The first-order valence-corrected chi connectivity index (χ1v) is 16.3. The van der Waals surface area contributed by atoms with Gasteiger partial charge in [0.2, 0.25) is 0 Å². The number of ether oxygens (including phenoxy) is 2. The van der Waals surface area contributed by atoms with Crippen molar-refractivity contribution in [1.82, 2.24) is 5.32 Å². The quantitative estimate of drug-likeness (QED) is 0.232. The molecule has 0 spiro atoms. The Morgan fingerprint density at radius 3 is 2.67 bits per heavy atom. The fraction of sp³-hybridized carbons (Fsp3) is 0.419. The third kappa shape index (κ3) is 7.04. The van der Waals surface area contributed by atoms with Crippen molar-refractivity contribution in [3.63, 3.8) is 0 Å². The van der Waals surface area contributed by atoms with E-state index in [2.05, 4.69) is 21.2 Å². The van der Waals surface area contributed by atoms with E-state index in [1.807, 2.05) is 31.3 Å². The van der Waals surface area contributed by atoms with Crippen LogP contribution in [-0.4, -0.2) is 24.8 Å². The monoisotopic (exact) mass is 662 g/mol. The maximum atomic E-state index is 13.5. The largest absolute Gasteiger partial charge is 0.490 e. The number of halogens is 3. The maximum absolute atomic E-state index is 13.5. The number of carbonyl (C=O) groups excluding carboxylic acids is 1. The molecule has 1 fully saturated rings.